The van der Waals surface area contributed by atoms with E-state index in [1.165, 1.54) is 13.3 Å². The molecule has 0 radical (unpaired) electrons. The number of piperidine rings is 1. The molecule has 0 bridgehead atoms. The molecular formula is C19H28N2O3. The van der Waals surface area contributed by atoms with Crippen molar-refractivity contribution in [3.63, 3.8) is 0 Å². The van der Waals surface area contributed by atoms with E-state index in [-0.39, 0.29) is 11.7 Å². The van der Waals surface area contributed by atoms with Crippen LogP contribution in [0, 0.1) is 5.92 Å². The molecule has 1 aliphatic rings. The van der Waals surface area contributed by atoms with E-state index in [4.69, 9.17) is 4.74 Å². The first-order chi connectivity index (χ1) is 11.5. The van der Waals surface area contributed by atoms with Gasteiger partial charge in [-0.1, -0.05) is 12.1 Å². The van der Waals surface area contributed by atoms with Crippen molar-refractivity contribution in [2.45, 2.75) is 39.2 Å². The van der Waals surface area contributed by atoms with Crippen molar-refractivity contribution in [1.82, 2.24) is 10.2 Å². The summed E-state index contributed by atoms with van der Waals surface area (Å²) in [5.41, 5.74) is 0.595. The Morgan fingerprint density at radius 2 is 2.04 bits per heavy atom. The highest BCUT2D eigenvalue weighted by Gasteiger charge is 2.26. The van der Waals surface area contributed by atoms with Crippen molar-refractivity contribution < 1.29 is 14.3 Å². The molecule has 1 aliphatic heterocycles. The van der Waals surface area contributed by atoms with E-state index < -0.39 is 6.10 Å². The summed E-state index contributed by atoms with van der Waals surface area (Å²) in [6.45, 7) is 5.93. The van der Waals surface area contributed by atoms with Gasteiger partial charge in [0.2, 0.25) is 0 Å². The minimum Gasteiger partial charge on any atom is -0.481 e. The molecule has 0 saturated carbocycles. The Balaban J connectivity index is 1.86. The summed E-state index contributed by atoms with van der Waals surface area (Å²) < 4.78 is 5.76. The molecule has 1 saturated heterocycles. The summed E-state index contributed by atoms with van der Waals surface area (Å²) in [6, 6.07) is 6.99. The third-order valence-electron chi connectivity index (χ3n) is 4.63. The minimum absolute atomic E-state index is 0.0110. The second-order valence-electron chi connectivity index (χ2n) is 6.50. The fourth-order valence-corrected chi connectivity index (χ4v) is 3.09. The lowest BCUT2D eigenvalue weighted by Gasteiger charge is -2.33. The van der Waals surface area contributed by atoms with Gasteiger partial charge in [-0.05, 0) is 64.8 Å². The number of hydrogen-bond donors (Lipinski definition) is 1. The van der Waals surface area contributed by atoms with Crippen molar-refractivity contribution in [2.24, 2.45) is 5.92 Å². The summed E-state index contributed by atoms with van der Waals surface area (Å²) in [6.07, 6.45) is 2.74. The maximum absolute atomic E-state index is 12.6. The van der Waals surface area contributed by atoms with Crippen molar-refractivity contribution in [1.29, 1.82) is 0 Å². The molecule has 5 heteroatoms. The molecule has 1 unspecified atom stereocenters. The van der Waals surface area contributed by atoms with Crippen LogP contribution in [0.4, 0.5) is 0 Å². The fraction of sp³-hybridized carbons (Fsp3) is 0.579. The van der Waals surface area contributed by atoms with E-state index in [2.05, 4.69) is 5.32 Å². The van der Waals surface area contributed by atoms with Gasteiger partial charge in [0.1, 0.15) is 5.75 Å². The van der Waals surface area contributed by atoms with Gasteiger partial charge >= 0.3 is 0 Å². The molecule has 1 amide bonds. The third-order valence-corrected chi connectivity index (χ3v) is 4.63. The molecule has 0 spiro atoms. The second-order valence-corrected chi connectivity index (χ2v) is 6.50. The maximum Gasteiger partial charge on any atom is 0.263 e. The van der Waals surface area contributed by atoms with Gasteiger partial charge in [0, 0.05) is 18.7 Å². The lowest BCUT2D eigenvalue weighted by atomic mass is 9.93. The highest BCUT2D eigenvalue weighted by atomic mass is 16.5. The van der Waals surface area contributed by atoms with Crippen molar-refractivity contribution in [3.05, 3.63) is 29.8 Å². The van der Waals surface area contributed by atoms with Crippen LogP contribution in [0.5, 0.6) is 5.75 Å². The lowest BCUT2D eigenvalue weighted by Crippen LogP contribution is -2.45. The maximum atomic E-state index is 12.6. The van der Waals surface area contributed by atoms with Crippen molar-refractivity contribution in [3.8, 4) is 5.75 Å². The van der Waals surface area contributed by atoms with E-state index in [0.29, 0.717) is 17.2 Å². The van der Waals surface area contributed by atoms with Gasteiger partial charge in [-0.2, -0.15) is 0 Å². The second kappa shape index (κ2) is 8.83. The number of likely N-dealkylation sites (tertiary alicyclic amines) is 1. The molecule has 0 aromatic heterocycles. The monoisotopic (exact) mass is 332 g/mol. The summed E-state index contributed by atoms with van der Waals surface area (Å²) in [5, 5.41) is 3.18. The van der Waals surface area contributed by atoms with Gasteiger partial charge in [0.15, 0.2) is 11.9 Å². The van der Waals surface area contributed by atoms with E-state index in [9.17, 15) is 9.59 Å². The van der Waals surface area contributed by atoms with Crippen LogP contribution >= 0.6 is 0 Å². The minimum atomic E-state index is -0.541. The van der Waals surface area contributed by atoms with Gasteiger partial charge in [-0.15, -0.1) is 0 Å². The predicted octanol–water partition coefficient (Wildman–Crippen LogP) is 2.50. The number of amides is 1. The zero-order chi connectivity index (χ0) is 17.5. The summed E-state index contributed by atoms with van der Waals surface area (Å²) in [4.78, 5) is 25.9. The van der Waals surface area contributed by atoms with Crippen LogP contribution < -0.4 is 10.1 Å². The van der Waals surface area contributed by atoms with E-state index in [1.54, 1.807) is 31.2 Å². The first-order valence-corrected chi connectivity index (χ1v) is 8.72. The van der Waals surface area contributed by atoms with Crippen LogP contribution in [0.3, 0.4) is 0 Å². The van der Waals surface area contributed by atoms with Crippen molar-refractivity contribution >= 4 is 11.7 Å². The average Bonchev–Trinajstić information content (AvgIpc) is 2.60. The molecule has 132 valence electrons. The fourth-order valence-electron chi connectivity index (χ4n) is 3.09. The molecular weight excluding hydrogens is 304 g/mol. The zero-order valence-corrected chi connectivity index (χ0v) is 14.9. The SMILES string of the molecule is CNCCC1CCN(C(=O)C(C)Oc2cccc(C(C)=O)c2)CC1. The molecule has 1 N–H and O–H groups in total. The summed E-state index contributed by atoms with van der Waals surface area (Å²) in [7, 11) is 1.97. The van der Waals surface area contributed by atoms with Crippen LogP contribution in [-0.4, -0.2) is 49.4 Å². The first kappa shape index (κ1) is 18.5. The average molecular weight is 332 g/mol. The van der Waals surface area contributed by atoms with Gasteiger partial charge in [0.25, 0.3) is 5.91 Å². The van der Waals surface area contributed by atoms with Gasteiger partial charge < -0.3 is 15.0 Å². The van der Waals surface area contributed by atoms with Gasteiger partial charge in [-0.3, -0.25) is 9.59 Å². The topological polar surface area (TPSA) is 58.6 Å². The molecule has 5 nitrogen and oxygen atoms in total. The number of carbonyl (C=O) groups is 2. The Hall–Kier alpha value is -1.88. The molecule has 1 aromatic rings. The number of nitrogens with one attached hydrogen (secondary N) is 1. The van der Waals surface area contributed by atoms with Gasteiger partial charge in [0.05, 0.1) is 0 Å². The molecule has 1 heterocycles. The predicted molar refractivity (Wildman–Crippen MR) is 94.4 cm³/mol. The molecule has 2 rings (SSSR count). The zero-order valence-electron chi connectivity index (χ0n) is 14.9. The highest BCUT2D eigenvalue weighted by molar-refractivity contribution is 5.94. The largest absolute Gasteiger partial charge is 0.481 e. The smallest absolute Gasteiger partial charge is 0.263 e. The number of benzene rings is 1. The summed E-state index contributed by atoms with van der Waals surface area (Å²) >= 11 is 0. The van der Waals surface area contributed by atoms with Crippen LogP contribution in [0.25, 0.3) is 0 Å². The number of ketones is 1. The Bertz CT molecular complexity index is 565. The highest BCUT2D eigenvalue weighted by Crippen LogP contribution is 2.22. The van der Waals surface area contributed by atoms with Gasteiger partial charge in [-0.25, -0.2) is 0 Å². The number of nitrogens with zero attached hydrogens (tertiary/aromatic N) is 1. The van der Waals surface area contributed by atoms with Crippen LogP contribution in [0.15, 0.2) is 24.3 Å². The number of ether oxygens (including phenoxy) is 1. The molecule has 1 aromatic carbocycles. The number of rotatable bonds is 7. The summed E-state index contributed by atoms with van der Waals surface area (Å²) in [5.74, 6) is 1.27. The molecule has 0 aliphatic carbocycles. The Morgan fingerprint density at radius 3 is 2.67 bits per heavy atom. The standard InChI is InChI=1S/C19H28N2O3/c1-14(22)17-5-4-6-18(13-17)24-15(2)19(23)21-11-8-16(9-12-21)7-10-20-3/h4-6,13,15-16,20H,7-12H2,1-3H3. The molecule has 1 fully saturated rings. The Kier molecular flexibility index (Phi) is 6.79. The van der Waals surface area contributed by atoms with E-state index in [1.807, 2.05) is 11.9 Å². The first-order valence-electron chi connectivity index (χ1n) is 8.72. The Labute approximate surface area is 144 Å². The number of hydrogen-bond acceptors (Lipinski definition) is 4. The molecule has 24 heavy (non-hydrogen) atoms. The number of carbonyl (C=O) groups excluding carboxylic acids is 2. The van der Waals surface area contributed by atoms with Crippen LogP contribution in [0.2, 0.25) is 0 Å². The molecule has 1 atom stereocenters. The number of Topliss-reactive ketones (excluding diaryl/α,β-unsaturated/α-hetero) is 1. The van der Waals surface area contributed by atoms with Crippen LogP contribution in [-0.2, 0) is 4.79 Å². The third kappa shape index (κ3) is 5.06. The van der Waals surface area contributed by atoms with Crippen molar-refractivity contribution in [2.75, 3.05) is 26.7 Å². The quantitative estimate of drug-likeness (QED) is 0.780. The van der Waals surface area contributed by atoms with E-state index in [0.717, 1.165) is 32.5 Å². The van der Waals surface area contributed by atoms with Crippen LogP contribution in [0.1, 0.15) is 43.5 Å². The Morgan fingerprint density at radius 1 is 1.33 bits per heavy atom. The normalized spacial score (nSPS) is 16.7. The van der Waals surface area contributed by atoms with E-state index >= 15 is 0 Å². The lowest BCUT2D eigenvalue weighted by molar-refractivity contribution is -0.139.